The monoisotopic (exact) mass is 432 g/mol. The van der Waals surface area contributed by atoms with Gasteiger partial charge < -0.3 is 26.4 Å². The summed E-state index contributed by atoms with van der Waals surface area (Å²) in [7, 11) is -1.68. The van der Waals surface area contributed by atoms with Crippen LogP contribution in [0.4, 0.5) is 0 Å². The van der Waals surface area contributed by atoms with Gasteiger partial charge in [0.2, 0.25) is 5.91 Å². The van der Waals surface area contributed by atoms with E-state index in [9.17, 15) is 19.6 Å². The van der Waals surface area contributed by atoms with E-state index in [0.717, 1.165) is 5.39 Å². The molecule has 10 heteroatoms. The number of hydrogen-bond acceptors (Lipinski definition) is 7. The standard InChI is InChI=1S/C20H29BN4O4S/c1-30-13-11-18(21(28)29)25-20(27)16(8-4-5-12-22)24-19(26)17-10-9-14-6-2-3-7-15(14)23-17/h2-3,6-7,9-10,16,18,28-29H,4-5,8,11-13,22H2,1H3,(H,24,26)(H,25,27)/t16-,18-/m0/s1. The molecule has 2 aromatic rings. The van der Waals surface area contributed by atoms with Crippen molar-refractivity contribution in [3.8, 4) is 0 Å². The second-order valence-corrected chi connectivity index (χ2v) is 8.00. The molecular formula is C20H29BN4O4S. The number of thioether (sulfide) groups is 1. The Kier molecular flexibility index (Phi) is 10.1. The highest BCUT2D eigenvalue weighted by Crippen LogP contribution is 2.12. The van der Waals surface area contributed by atoms with Crippen molar-refractivity contribution < 1.29 is 19.6 Å². The molecule has 0 aliphatic carbocycles. The summed E-state index contributed by atoms with van der Waals surface area (Å²) in [6.45, 7) is 0.486. The van der Waals surface area contributed by atoms with E-state index in [4.69, 9.17) is 5.73 Å². The smallest absolute Gasteiger partial charge is 0.426 e. The summed E-state index contributed by atoms with van der Waals surface area (Å²) in [5.74, 6) is -1.06. The number of carbonyl (C=O) groups excluding carboxylic acids is 2. The Morgan fingerprint density at radius 3 is 2.60 bits per heavy atom. The fourth-order valence-corrected chi connectivity index (χ4v) is 3.50. The average molecular weight is 432 g/mol. The molecule has 8 nitrogen and oxygen atoms in total. The summed E-state index contributed by atoms with van der Waals surface area (Å²) in [6.07, 6.45) is 4.05. The summed E-state index contributed by atoms with van der Waals surface area (Å²) in [5, 5.41) is 25.4. The fraction of sp³-hybridized carbons (Fsp3) is 0.450. The number of rotatable bonds is 12. The number of aromatic nitrogens is 1. The van der Waals surface area contributed by atoms with Gasteiger partial charge in [-0.2, -0.15) is 11.8 Å². The van der Waals surface area contributed by atoms with Crippen LogP contribution in [0, 0.1) is 0 Å². The Morgan fingerprint density at radius 2 is 1.90 bits per heavy atom. The molecule has 30 heavy (non-hydrogen) atoms. The third-order valence-corrected chi connectivity index (χ3v) is 5.36. The van der Waals surface area contributed by atoms with Crippen LogP contribution in [0.2, 0.25) is 0 Å². The van der Waals surface area contributed by atoms with Crippen LogP contribution in [0.5, 0.6) is 0 Å². The highest BCUT2D eigenvalue weighted by Gasteiger charge is 2.29. The van der Waals surface area contributed by atoms with Gasteiger partial charge in [0.05, 0.1) is 11.5 Å². The largest absolute Gasteiger partial charge is 0.475 e. The van der Waals surface area contributed by atoms with Crippen LogP contribution in [-0.2, 0) is 4.79 Å². The number of para-hydroxylation sites is 1. The van der Waals surface area contributed by atoms with Crippen LogP contribution in [0.15, 0.2) is 36.4 Å². The summed E-state index contributed by atoms with van der Waals surface area (Å²) in [6, 6.07) is 10.1. The zero-order valence-corrected chi connectivity index (χ0v) is 17.9. The number of hydrogen-bond donors (Lipinski definition) is 5. The van der Waals surface area contributed by atoms with Gasteiger partial charge in [-0.15, -0.1) is 0 Å². The number of fused-ring (bicyclic) bond motifs is 1. The molecule has 162 valence electrons. The lowest BCUT2D eigenvalue weighted by Crippen LogP contribution is -2.54. The second kappa shape index (κ2) is 12.5. The maximum absolute atomic E-state index is 12.8. The molecule has 0 saturated heterocycles. The normalized spacial score (nSPS) is 12.9. The van der Waals surface area contributed by atoms with Crippen molar-refractivity contribution in [3.63, 3.8) is 0 Å². The van der Waals surface area contributed by atoms with Gasteiger partial charge >= 0.3 is 7.12 Å². The van der Waals surface area contributed by atoms with Gasteiger partial charge in [-0.1, -0.05) is 24.3 Å². The van der Waals surface area contributed by atoms with Crippen molar-refractivity contribution in [2.45, 2.75) is 37.7 Å². The number of carbonyl (C=O) groups is 2. The summed E-state index contributed by atoms with van der Waals surface area (Å²) in [4.78, 5) is 29.9. The van der Waals surface area contributed by atoms with E-state index >= 15 is 0 Å². The predicted molar refractivity (Wildman–Crippen MR) is 121 cm³/mol. The number of nitrogens with one attached hydrogen (secondary N) is 2. The number of pyridine rings is 1. The minimum Gasteiger partial charge on any atom is -0.426 e. The molecule has 6 N–H and O–H groups in total. The Balaban J connectivity index is 2.11. The van der Waals surface area contributed by atoms with Crippen LogP contribution in [-0.4, -0.2) is 64.5 Å². The second-order valence-electron chi connectivity index (χ2n) is 7.01. The third-order valence-electron chi connectivity index (χ3n) is 4.72. The van der Waals surface area contributed by atoms with E-state index in [-0.39, 0.29) is 5.69 Å². The van der Waals surface area contributed by atoms with Crippen LogP contribution < -0.4 is 16.4 Å². The van der Waals surface area contributed by atoms with E-state index in [1.54, 1.807) is 23.9 Å². The lowest BCUT2D eigenvalue weighted by Gasteiger charge is -2.23. The number of unbranched alkanes of at least 4 members (excludes halogenated alkanes) is 1. The Labute approximate surface area is 181 Å². The first-order valence-corrected chi connectivity index (χ1v) is 11.4. The third kappa shape index (κ3) is 7.28. The molecule has 0 saturated carbocycles. The van der Waals surface area contributed by atoms with Gasteiger partial charge in [0.1, 0.15) is 11.7 Å². The molecule has 1 heterocycles. The molecule has 1 aromatic heterocycles. The van der Waals surface area contributed by atoms with Gasteiger partial charge in [0.25, 0.3) is 5.91 Å². The molecule has 0 aliphatic rings. The van der Waals surface area contributed by atoms with Gasteiger partial charge in [0.15, 0.2) is 0 Å². The molecule has 0 bridgehead atoms. The number of nitrogens with two attached hydrogens (primary N) is 1. The number of amides is 2. The molecule has 2 amide bonds. The van der Waals surface area contributed by atoms with Gasteiger partial charge in [0, 0.05) is 5.39 Å². The van der Waals surface area contributed by atoms with Crippen LogP contribution in [0.3, 0.4) is 0 Å². The highest BCUT2D eigenvalue weighted by atomic mass is 32.2. The van der Waals surface area contributed by atoms with Gasteiger partial charge in [-0.25, -0.2) is 4.98 Å². The number of benzene rings is 1. The molecule has 0 fully saturated rings. The van der Waals surface area contributed by atoms with Gasteiger partial charge in [-0.05, 0) is 56.4 Å². The number of nitrogens with zero attached hydrogens (tertiary/aromatic N) is 1. The minimum absolute atomic E-state index is 0.214. The maximum atomic E-state index is 12.8. The van der Waals surface area contributed by atoms with Crippen LogP contribution >= 0.6 is 11.8 Å². The topological polar surface area (TPSA) is 138 Å². The first kappa shape index (κ1) is 24.1. The molecule has 0 aliphatic heterocycles. The van der Waals surface area contributed by atoms with Crippen molar-refractivity contribution >= 4 is 41.6 Å². The average Bonchev–Trinajstić information content (AvgIpc) is 2.75. The molecule has 0 spiro atoms. The summed E-state index contributed by atoms with van der Waals surface area (Å²) >= 11 is 1.54. The first-order valence-electron chi connectivity index (χ1n) is 9.98. The van der Waals surface area contributed by atoms with E-state index in [0.29, 0.717) is 43.5 Å². The molecule has 0 radical (unpaired) electrons. The predicted octanol–water partition coefficient (Wildman–Crippen LogP) is 0.712. The molecule has 2 rings (SSSR count). The Bertz CT molecular complexity index is 839. The first-order chi connectivity index (χ1) is 14.5. The Hall–Kier alpha value is -2.14. The van der Waals surface area contributed by atoms with E-state index < -0.39 is 30.9 Å². The van der Waals surface area contributed by atoms with Crippen LogP contribution in [0.1, 0.15) is 36.2 Å². The zero-order chi connectivity index (χ0) is 21.9. The molecule has 2 atom stereocenters. The maximum Gasteiger partial charge on any atom is 0.475 e. The molecule has 1 aromatic carbocycles. The Morgan fingerprint density at radius 1 is 1.13 bits per heavy atom. The van der Waals surface area contributed by atoms with Crippen molar-refractivity contribution in [1.29, 1.82) is 0 Å². The zero-order valence-electron chi connectivity index (χ0n) is 17.1. The minimum atomic E-state index is -1.68. The quantitative estimate of drug-likeness (QED) is 0.246. The van der Waals surface area contributed by atoms with Crippen molar-refractivity contribution in [2.24, 2.45) is 5.73 Å². The SMILES string of the molecule is CSCC[C@H](NC(=O)[C@H](CCCCN)NC(=O)c1ccc2ccccc2n1)B(O)O. The lowest BCUT2D eigenvalue weighted by atomic mass is 9.77. The van der Waals surface area contributed by atoms with E-state index in [1.807, 2.05) is 30.5 Å². The summed E-state index contributed by atoms with van der Waals surface area (Å²) < 4.78 is 0. The van der Waals surface area contributed by atoms with E-state index in [1.165, 1.54) is 0 Å². The lowest BCUT2D eigenvalue weighted by molar-refractivity contribution is -0.123. The van der Waals surface area contributed by atoms with Crippen LogP contribution in [0.25, 0.3) is 10.9 Å². The van der Waals surface area contributed by atoms with Gasteiger partial charge in [-0.3, -0.25) is 9.59 Å². The molecular weight excluding hydrogens is 403 g/mol. The highest BCUT2D eigenvalue weighted by molar-refractivity contribution is 7.98. The van der Waals surface area contributed by atoms with E-state index in [2.05, 4.69) is 15.6 Å². The van der Waals surface area contributed by atoms with Crippen molar-refractivity contribution in [1.82, 2.24) is 15.6 Å². The molecule has 0 unspecified atom stereocenters. The van der Waals surface area contributed by atoms with Crippen molar-refractivity contribution in [2.75, 3.05) is 18.6 Å². The summed E-state index contributed by atoms with van der Waals surface area (Å²) in [5.41, 5.74) is 6.45. The van der Waals surface area contributed by atoms with Crippen molar-refractivity contribution in [3.05, 3.63) is 42.1 Å². The fourth-order valence-electron chi connectivity index (χ4n) is 3.01.